The van der Waals surface area contributed by atoms with Gasteiger partial charge >= 0.3 is 0 Å². The topological polar surface area (TPSA) is 72.9 Å². The number of hydrogen-bond donors (Lipinski definition) is 1. The van der Waals surface area contributed by atoms with Crippen molar-refractivity contribution in [2.24, 2.45) is 0 Å². The molecule has 0 unspecified atom stereocenters. The van der Waals surface area contributed by atoms with Gasteiger partial charge < -0.3 is 24.4 Å². The molecular weight excluding hydrogens is 454 g/mol. The number of ether oxygens (including phenoxy) is 3. The van der Waals surface area contributed by atoms with Gasteiger partial charge in [-0.05, 0) is 60.7 Å². The largest absolute Gasteiger partial charge is 0.454 e. The van der Waals surface area contributed by atoms with Gasteiger partial charge in [0.15, 0.2) is 11.5 Å². The van der Waals surface area contributed by atoms with Crippen LogP contribution in [0.4, 0.5) is 0 Å². The monoisotopic (exact) mass is 487 g/mol. The third-order valence-electron chi connectivity index (χ3n) is 6.53. The number of carbonyl (C=O) groups excluding carboxylic acids is 1. The average Bonchev–Trinajstić information content (AvgIpc) is 3.61. The first-order valence-corrected chi connectivity index (χ1v) is 12.7. The van der Waals surface area contributed by atoms with Crippen LogP contribution in [-0.4, -0.2) is 41.8 Å². The van der Waals surface area contributed by atoms with E-state index in [1.807, 2.05) is 29.3 Å². The highest BCUT2D eigenvalue weighted by molar-refractivity contribution is 5.81. The molecule has 3 heterocycles. The van der Waals surface area contributed by atoms with E-state index < -0.39 is 0 Å². The Balaban J connectivity index is 1.28. The van der Waals surface area contributed by atoms with Crippen LogP contribution in [0.15, 0.2) is 60.8 Å². The second-order valence-corrected chi connectivity index (χ2v) is 9.31. The summed E-state index contributed by atoms with van der Waals surface area (Å²) >= 11 is 0. The lowest BCUT2D eigenvalue weighted by atomic mass is 10.1. The number of nitrogens with zero attached hydrogens (tertiary/aromatic N) is 2. The Bertz CT molecular complexity index is 1160. The number of hydrogen-bond acceptors (Lipinski definition) is 6. The maximum atomic E-state index is 13.3. The van der Waals surface area contributed by atoms with Crippen LogP contribution in [0.25, 0.3) is 11.3 Å². The molecule has 188 valence electrons. The Morgan fingerprint density at radius 2 is 1.78 bits per heavy atom. The summed E-state index contributed by atoms with van der Waals surface area (Å²) in [6.45, 7) is 5.85. The quantitative estimate of drug-likeness (QED) is 0.419. The van der Waals surface area contributed by atoms with Crippen molar-refractivity contribution in [1.29, 1.82) is 0 Å². The van der Waals surface area contributed by atoms with E-state index in [1.54, 1.807) is 0 Å². The minimum absolute atomic E-state index is 0.0307. The molecule has 1 saturated heterocycles. The first-order valence-electron chi connectivity index (χ1n) is 12.7. The molecule has 1 fully saturated rings. The summed E-state index contributed by atoms with van der Waals surface area (Å²) in [5, 5.41) is 3.40. The molecule has 1 aromatic heterocycles. The van der Waals surface area contributed by atoms with E-state index in [0.717, 1.165) is 66.2 Å². The summed E-state index contributed by atoms with van der Waals surface area (Å²) in [5.41, 5.74) is 5.23. The zero-order chi connectivity index (χ0) is 24.7. The van der Waals surface area contributed by atoms with Crippen molar-refractivity contribution in [1.82, 2.24) is 15.2 Å². The number of nitrogens with one attached hydrogen (secondary N) is 1. The van der Waals surface area contributed by atoms with Gasteiger partial charge in [0, 0.05) is 38.0 Å². The molecule has 7 heteroatoms. The van der Waals surface area contributed by atoms with Crippen molar-refractivity contribution < 1.29 is 19.0 Å². The maximum absolute atomic E-state index is 13.3. The van der Waals surface area contributed by atoms with Crippen LogP contribution in [0, 0.1) is 0 Å². The Hall–Kier alpha value is -3.42. The number of benzene rings is 2. The Kier molecular flexibility index (Phi) is 7.79. The molecule has 36 heavy (non-hydrogen) atoms. The molecule has 2 aliphatic rings. The predicted octanol–water partition coefficient (Wildman–Crippen LogP) is 4.68. The molecule has 1 amide bonds. The van der Waals surface area contributed by atoms with Gasteiger partial charge in [-0.3, -0.25) is 9.78 Å². The molecule has 0 bridgehead atoms. The van der Waals surface area contributed by atoms with Crippen LogP contribution in [0.2, 0.25) is 0 Å². The lowest BCUT2D eigenvalue weighted by Gasteiger charge is -2.26. The van der Waals surface area contributed by atoms with Gasteiger partial charge in [-0.15, -0.1) is 0 Å². The molecule has 7 nitrogen and oxygen atoms in total. The highest BCUT2D eigenvalue weighted by Gasteiger charge is 2.29. The summed E-state index contributed by atoms with van der Waals surface area (Å²) in [5.74, 6) is 1.49. The lowest BCUT2D eigenvalue weighted by molar-refractivity contribution is -0.142. The third kappa shape index (κ3) is 5.86. The van der Waals surface area contributed by atoms with Gasteiger partial charge in [0.25, 0.3) is 5.91 Å². The van der Waals surface area contributed by atoms with Crippen LogP contribution < -0.4 is 14.8 Å². The van der Waals surface area contributed by atoms with Gasteiger partial charge in [0.2, 0.25) is 6.79 Å². The van der Waals surface area contributed by atoms with Crippen molar-refractivity contribution in [3.63, 3.8) is 0 Å². The van der Waals surface area contributed by atoms with Gasteiger partial charge in [0.1, 0.15) is 6.10 Å². The van der Waals surface area contributed by atoms with Crippen LogP contribution in [0.3, 0.4) is 0 Å². The zero-order valence-electron chi connectivity index (χ0n) is 20.7. The standard InChI is InChI=1S/C29H33N3O4/c1-2-13-30-16-23-7-11-25(31-17-23)24-9-5-21(6-10-24)18-32(29(33)27-4-3-14-34-27)19-22-8-12-26-28(15-22)36-20-35-26/h5-12,15,17,27,30H,2-4,13-14,16,18-20H2,1H3/t27-/m1/s1. The Labute approximate surface area is 212 Å². The number of rotatable bonds is 10. The second-order valence-electron chi connectivity index (χ2n) is 9.31. The average molecular weight is 488 g/mol. The minimum atomic E-state index is -0.368. The van der Waals surface area contributed by atoms with E-state index in [1.165, 1.54) is 5.56 Å². The van der Waals surface area contributed by atoms with Crippen LogP contribution in [0.1, 0.15) is 42.9 Å². The number of carbonyl (C=O) groups is 1. The first-order chi connectivity index (χ1) is 17.7. The molecule has 2 aliphatic heterocycles. The molecule has 0 aliphatic carbocycles. The summed E-state index contributed by atoms with van der Waals surface area (Å²) in [6.07, 6.45) is 4.37. The van der Waals surface area contributed by atoms with Gasteiger partial charge in [0.05, 0.1) is 5.69 Å². The fourth-order valence-electron chi connectivity index (χ4n) is 4.56. The predicted molar refractivity (Wildman–Crippen MR) is 137 cm³/mol. The fraction of sp³-hybridized carbons (Fsp3) is 0.379. The van der Waals surface area contributed by atoms with Crippen LogP contribution >= 0.6 is 0 Å². The Morgan fingerprint density at radius 3 is 2.53 bits per heavy atom. The summed E-state index contributed by atoms with van der Waals surface area (Å²) in [7, 11) is 0. The molecule has 1 N–H and O–H groups in total. The van der Waals surface area contributed by atoms with E-state index in [4.69, 9.17) is 14.2 Å². The van der Waals surface area contributed by atoms with Gasteiger partial charge in [-0.1, -0.05) is 43.3 Å². The van der Waals surface area contributed by atoms with Gasteiger partial charge in [-0.25, -0.2) is 0 Å². The number of aromatic nitrogens is 1. The highest BCUT2D eigenvalue weighted by Crippen LogP contribution is 2.33. The van der Waals surface area contributed by atoms with E-state index in [-0.39, 0.29) is 18.8 Å². The normalized spacial score (nSPS) is 16.3. The molecule has 0 radical (unpaired) electrons. The van der Waals surface area contributed by atoms with Crippen molar-refractivity contribution in [3.05, 3.63) is 77.5 Å². The van der Waals surface area contributed by atoms with Crippen LogP contribution in [-0.2, 0) is 29.2 Å². The molecule has 5 rings (SSSR count). The molecule has 3 aromatic rings. The third-order valence-corrected chi connectivity index (χ3v) is 6.53. The van der Waals surface area contributed by atoms with Crippen LogP contribution in [0.5, 0.6) is 11.5 Å². The van der Waals surface area contributed by atoms with Crippen molar-refractivity contribution in [3.8, 4) is 22.8 Å². The molecule has 2 aromatic carbocycles. The maximum Gasteiger partial charge on any atom is 0.252 e. The molecule has 1 atom stereocenters. The summed E-state index contributed by atoms with van der Waals surface area (Å²) in [4.78, 5) is 19.8. The highest BCUT2D eigenvalue weighted by atomic mass is 16.7. The van der Waals surface area contributed by atoms with E-state index >= 15 is 0 Å². The summed E-state index contributed by atoms with van der Waals surface area (Å²) < 4.78 is 16.7. The van der Waals surface area contributed by atoms with Crippen molar-refractivity contribution >= 4 is 5.91 Å². The minimum Gasteiger partial charge on any atom is -0.454 e. The lowest BCUT2D eigenvalue weighted by Crippen LogP contribution is -2.38. The molecule has 0 saturated carbocycles. The summed E-state index contributed by atoms with van der Waals surface area (Å²) in [6, 6.07) is 18.3. The SMILES string of the molecule is CCCNCc1ccc(-c2ccc(CN(Cc3ccc4c(c3)OCO4)C(=O)[C@H]3CCCO3)cc2)nc1. The zero-order valence-corrected chi connectivity index (χ0v) is 20.7. The van der Waals surface area contributed by atoms with Crippen molar-refractivity contribution in [2.45, 2.75) is 51.9 Å². The Morgan fingerprint density at radius 1 is 1.00 bits per heavy atom. The van der Waals surface area contributed by atoms with E-state index in [2.05, 4.69) is 53.6 Å². The van der Waals surface area contributed by atoms with Crippen molar-refractivity contribution in [2.75, 3.05) is 19.9 Å². The second kappa shape index (κ2) is 11.5. The molecule has 0 spiro atoms. The number of amides is 1. The number of fused-ring (bicyclic) bond motifs is 1. The van der Waals surface area contributed by atoms with Gasteiger partial charge in [-0.2, -0.15) is 0 Å². The smallest absolute Gasteiger partial charge is 0.252 e. The molecular formula is C29H33N3O4. The van der Waals surface area contributed by atoms with E-state index in [0.29, 0.717) is 19.7 Å². The fourth-order valence-corrected chi connectivity index (χ4v) is 4.56. The number of pyridine rings is 1. The first kappa shape index (κ1) is 24.3. The van der Waals surface area contributed by atoms with E-state index in [9.17, 15) is 4.79 Å².